The van der Waals surface area contributed by atoms with Gasteiger partial charge in [-0.05, 0) is 28.5 Å². The van der Waals surface area contributed by atoms with Gasteiger partial charge in [0.2, 0.25) is 5.88 Å². The normalized spacial score (nSPS) is 16.1. The number of rotatable bonds is 4. The number of aromatic nitrogens is 1. The second kappa shape index (κ2) is 8.03. The first kappa shape index (κ1) is 18.4. The van der Waals surface area contributed by atoms with Crippen molar-refractivity contribution in [2.24, 2.45) is 0 Å². The van der Waals surface area contributed by atoms with Crippen LogP contribution in [0.2, 0.25) is 0 Å². The Kier molecular flexibility index (Phi) is 4.93. The Labute approximate surface area is 175 Å². The molecule has 30 heavy (non-hydrogen) atoms. The van der Waals surface area contributed by atoms with Crippen molar-refractivity contribution in [2.45, 2.75) is 19.1 Å². The van der Waals surface area contributed by atoms with Gasteiger partial charge >= 0.3 is 6.03 Å². The molecule has 5 nitrogen and oxygen atoms in total. The minimum absolute atomic E-state index is 0.0398. The Hall–Kier alpha value is -3.60. The number of nitrogens with zero attached hydrogens (tertiary/aromatic N) is 2. The van der Waals surface area contributed by atoms with Crippen LogP contribution in [0.25, 0.3) is 21.7 Å². The number of para-hydroxylation sites is 1. The molecule has 2 heterocycles. The molecule has 2 amide bonds. The summed E-state index contributed by atoms with van der Waals surface area (Å²) >= 11 is 0. The van der Waals surface area contributed by atoms with E-state index < -0.39 is 0 Å². The summed E-state index contributed by atoms with van der Waals surface area (Å²) in [6.45, 7) is 1.75. The van der Waals surface area contributed by atoms with Gasteiger partial charge in [-0.2, -0.15) is 0 Å². The van der Waals surface area contributed by atoms with Crippen molar-refractivity contribution in [2.75, 3.05) is 13.1 Å². The van der Waals surface area contributed by atoms with Crippen molar-refractivity contribution in [3.63, 3.8) is 0 Å². The van der Waals surface area contributed by atoms with Crippen LogP contribution in [0.5, 0.6) is 5.88 Å². The number of hydrogen-bond donors (Lipinski definition) is 1. The summed E-state index contributed by atoms with van der Waals surface area (Å²) < 4.78 is 6.05. The van der Waals surface area contributed by atoms with Gasteiger partial charge in [-0.1, -0.05) is 60.7 Å². The number of likely N-dealkylation sites (tertiary alicyclic amines) is 1. The third-order valence-electron chi connectivity index (χ3n) is 5.60. The number of nitrogens with one attached hydrogen (secondary N) is 1. The molecule has 1 aromatic heterocycles. The highest BCUT2D eigenvalue weighted by Crippen LogP contribution is 2.21. The van der Waals surface area contributed by atoms with E-state index in [4.69, 9.17) is 4.74 Å². The third kappa shape index (κ3) is 3.79. The Bertz CT molecular complexity index is 1200. The first-order chi connectivity index (χ1) is 14.8. The zero-order valence-electron chi connectivity index (χ0n) is 16.6. The number of hydrogen-bond acceptors (Lipinski definition) is 3. The Morgan fingerprint density at radius 1 is 0.967 bits per heavy atom. The fourth-order valence-corrected chi connectivity index (χ4v) is 4.02. The summed E-state index contributed by atoms with van der Waals surface area (Å²) in [6.07, 6.45) is 0.762. The van der Waals surface area contributed by atoms with Crippen molar-refractivity contribution in [3.05, 3.63) is 84.4 Å². The average Bonchev–Trinajstić information content (AvgIpc) is 3.26. The summed E-state index contributed by atoms with van der Waals surface area (Å²) in [5, 5.41) is 6.50. The van der Waals surface area contributed by atoms with Crippen molar-refractivity contribution >= 4 is 27.7 Å². The first-order valence-electron chi connectivity index (χ1n) is 10.3. The average molecular weight is 397 g/mol. The molecule has 4 aromatic rings. The van der Waals surface area contributed by atoms with Gasteiger partial charge in [-0.15, -0.1) is 0 Å². The van der Waals surface area contributed by atoms with Crippen molar-refractivity contribution in [3.8, 4) is 5.88 Å². The van der Waals surface area contributed by atoms with Crippen LogP contribution < -0.4 is 10.1 Å². The van der Waals surface area contributed by atoms with Gasteiger partial charge in [0.15, 0.2) is 0 Å². The molecule has 5 rings (SSSR count). The largest absolute Gasteiger partial charge is 0.472 e. The lowest BCUT2D eigenvalue weighted by atomic mass is 10.0. The molecule has 1 aliphatic rings. The first-order valence-corrected chi connectivity index (χ1v) is 10.3. The van der Waals surface area contributed by atoms with Crippen molar-refractivity contribution in [1.29, 1.82) is 0 Å². The molecular formula is C25H23N3O2. The third-order valence-corrected chi connectivity index (χ3v) is 5.60. The SMILES string of the molecule is O=C(NCc1cccc2ccccc12)N1CCC(Oc2ccc3ccccc3n2)C1. The fraction of sp³-hybridized carbons (Fsp3) is 0.200. The molecule has 1 aliphatic heterocycles. The highest BCUT2D eigenvalue weighted by atomic mass is 16.5. The molecule has 150 valence electrons. The van der Waals surface area contributed by atoms with E-state index in [9.17, 15) is 4.79 Å². The van der Waals surface area contributed by atoms with Gasteiger partial charge in [0.25, 0.3) is 0 Å². The van der Waals surface area contributed by atoms with Gasteiger partial charge < -0.3 is 15.0 Å². The summed E-state index contributed by atoms with van der Waals surface area (Å²) in [6, 6.07) is 26.2. The minimum atomic E-state index is -0.0551. The van der Waals surface area contributed by atoms with E-state index in [0.717, 1.165) is 22.9 Å². The van der Waals surface area contributed by atoms with E-state index in [0.29, 0.717) is 25.5 Å². The number of ether oxygens (including phenoxy) is 1. The molecule has 0 radical (unpaired) electrons. The summed E-state index contributed by atoms with van der Waals surface area (Å²) in [4.78, 5) is 19.1. The molecule has 1 atom stereocenters. The summed E-state index contributed by atoms with van der Waals surface area (Å²) in [5.74, 6) is 0.608. The van der Waals surface area contributed by atoms with Crippen molar-refractivity contribution in [1.82, 2.24) is 15.2 Å². The topological polar surface area (TPSA) is 54.5 Å². The van der Waals surface area contributed by atoms with Gasteiger partial charge in [0.1, 0.15) is 6.10 Å². The van der Waals surface area contributed by atoms with E-state index in [-0.39, 0.29) is 12.1 Å². The second-order valence-electron chi connectivity index (χ2n) is 7.61. The van der Waals surface area contributed by atoms with Crippen LogP contribution in [-0.4, -0.2) is 35.1 Å². The maximum Gasteiger partial charge on any atom is 0.317 e. The lowest BCUT2D eigenvalue weighted by molar-refractivity contribution is 0.183. The van der Waals surface area contributed by atoms with Crippen molar-refractivity contribution < 1.29 is 9.53 Å². The lowest BCUT2D eigenvalue weighted by Crippen LogP contribution is -2.39. The highest BCUT2D eigenvalue weighted by Gasteiger charge is 2.27. The van der Waals surface area contributed by atoms with E-state index >= 15 is 0 Å². The fourth-order valence-electron chi connectivity index (χ4n) is 4.02. The molecule has 0 saturated carbocycles. The Balaban J connectivity index is 1.19. The van der Waals surface area contributed by atoms with Crippen LogP contribution in [0.15, 0.2) is 78.9 Å². The zero-order valence-corrected chi connectivity index (χ0v) is 16.6. The van der Waals surface area contributed by atoms with Crippen LogP contribution in [0, 0.1) is 0 Å². The van der Waals surface area contributed by atoms with Gasteiger partial charge in [0, 0.05) is 31.0 Å². The molecule has 0 spiro atoms. The molecule has 5 heteroatoms. The highest BCUT2D eigenvalue weighted by molar-refractivity contribution is 5.86. The van der Waals surface area contributed by atoms with E-state index in [1.807, 2.05) is 59.5 Å². The van der Waals surface area contributed by atoms with Crippen LogP contribution in [0.4, 0.5) is 4.79 Å². The number of amides is 2. The van der Waals surface area contributed by atoms with E-state index in [1.54, 1.807) is 0 Å². The molecular weight excluding hydrogens is 374 g/mol. The smallest absolute Gasteiger partial charge is 0.317 e. The number of pyridine rings is 1. The van der Waals surface area contributed by atoms with Crippen LogP contribution in [0.3, 0.4) is 0 Å². The number of urea groups is 1. The van der Waals surface area contributed by atoms with Crippen LogP contribution >= 0.6 is 0 Å². The number of carbonyl (C=O) groups is 1. The summed E-state index contributed by atoms with van der Waals surface area (Å²) in [5.41, 5.74) is 2.03. The van der Waals surface area contributed by atoms with Crippen LogP contribution in [0.1, 0.15) is 12.0 Å². The van der Waals surface area contributed by atoms with E-state index in [2.05, 4.69) is 34.6 Å². The maximum absolute atomic E-state index is 12.7. The number of carbonyl (C=O) groups excluding carboxylic acids is 1. The monoisotopic (exact) mass is 397 g/mol. The summed E-state index contributed by atoms with van der Waals surface area (Å²) in [7, 11) is 0. The molecule has 3 aromatic carbocycles. The molecule has 1 N–H and O–H groups in total. The lowest BCUT2D eigenvalue weighted by Gasteiger charge is -2.18. The van der Waals surface area contributed by atoms with Gasteiger partial charge in [0.05, 0.1) is 12.1 Å². The number of benzene rings is 3. The standard InChI is InChI=1S/C25H23N3O2/c29-25(26-16-20-9-5-8-18-6-1-3-10-22(18)20)28-15-14-21(17-28)30-24-13-12-19-7-2-4-11-23(19)27-24/h1-13,21H,14-17H2,(H,26,29). The minimum Gasteiger partial charge on any atom is -0.472 e. The quantitative estimate of drug-likeness (QED) is 0.541. The van der Waals surface area contributed by atoms with Crippen LogP contribution in [-0.2, 0) is 6.54 Å². The zero-order chi connectivity index (χ0) is 20.3. The maximum atomic E-state index is 12.7. The second-order valence-corrected chi connectivity index (χ2v) is 7.61. The van der Waals surface area contributed by atoms with Gasteiger partial charge in [-0.25, -0.2) is 9.78 Å². The number of fused-ring (bicyclic) bond motifs is 2. The van der Waals surface area contributed by atoms with E-state index in [1.165, 1.54) is 10.8 Å². The Morgan fingerprint density at radius 3 is 2.70 bits per heavy atom. The molecule has 0 bridgehead atoms. The molecule has 1 saturated heterocycles. The Morgan fingerprint density at radius 2 is 1.77 bits per heavy atom. The molecule has 1 fully saturated rings. The van der Waals surface area contributed by atoms with Gasteiger partial charge in [-0.3, -0.25) is 0 Å². The predicted octanol–water partition coefficient (Wildman–Crippen LogP) is 4.75. The predicted molar refractivity (Wildman–Crippen MR) is 119 cm³/mol. The molecule has 0 aliphatic carbocycles. The molecule has 1 unspecified atom stereocenters.